The van der Waals surface area contributed by atoms with Crippen molar-refractivity contribution < 1.29 is 33.4 Å². The van der Waals surface area contributed by atoms with Crippen LogP contribution < -0.4 is 16.1 Å². The Labute approximate surface area is 289 Å². The second-order valence-electron chi connectivity index (χ2n) is 12.7. The number of hydrogen-bond acceptors (Lipinski definition) is 8. The maximum absolute atomic E-state index is 14.6. The SMILES string of the molecule is CCOC(OCC)[C@H](C)N(Cc1cccc2ccccc12)C(=O)C(CC(=O)OC(C)(C)C)NC(=O)CN(C)NC(=O)NCc1ccccc1. The van der Waals surface area contributed by atoms with Crippen molar-refractivity contribution in [3.63, 3.8) is 0 Å². The van der Waals surface area contributed by atoms with Gasteiger partial charge in [0.2, 0.25) is 11.8 Å². The first-order valence-corrected chi connectivity index (χ1v) is 16.6. The molecule has 0 radical (unpaired) electrons. The summed E-state index contributed by atoms with van der Waals surface area (Å²) < 4.78 is 17.3. The van der Waals surface area contributed by atoms with Gasteiger partial charge in [0.15, 0.2) is 6.29 Å². The third kappa shape index (κ3) is 12.8. The number of fused-ring (bicyclic) bond motifs is 1. The molecule has 0 saturated carbocycles. The molecule has 1 unspecified atom stereocenters. The zero-order valence-corrected chi connectivity index (χ0v) is 29.7. The highest BCUT2D eigenvalue weighted by atomic mass is 16.7. The number of rotatable bonds is 17. The summed E-state index contributed by atoms with van der Waals surface area (Å²) in [6, 6.07) is 20.7. The van der Waals surface area contributed by atoms with Crippen molar-refractivity contribution in [2.24, 2.45) is 0 Å². The Morgan fingerprint density at radius 3 is 2.14 bits per heavy atom. The molecule has 0 fully saturated rings. The van der Waals surface area contributed by atoms with Gasteiger partial charge in [-0.25, -0.2) is 9.80 Å². The smallest absolute Gasteiger partial charge is 0.329 e. The first-order valence-electron chi connectivity index (χ1n) is 16.6. The number of urea groups is 1. The summed E-state index contributed by atoms with van der Waals surface area (Å²) in [5.41, 5.74) is 3.57. The Morgan fingerprint density at radius 2 is 1.49 bits per heavy atom. The molecule has 266 valence electrons. The van der Waals surface area contributed by atoms with E-state index >= 15 is 0 Å². The van der Waals surface area contributed by atoms with Crippen molar-refractivity contribution in [3.05, 3.63) is 83.9 Å². The molecule has 0 bridgehead atoms. The first-order chi connectivity index (χ1) is 23.3. The van der Waals surface area contributed by atoms with Gasteiger partial charge in [-0.3, -0.25) is 19.8 Å². The molecule has 4 amide bonds. The van der Waals surface area contributed by atoms with Crippen LogP contribution >= 0.6 is 0 Å². The summed E-state index contributed by atoms with van der Waals surface area (Å²) in [4.78, 5) is 55.1. The van der Waals surface area contributed by atoms with Gasteiger partial charge in [0.25, 0.3) is 0 Å². The molecular formula is C37H51N5O7. The fourth-order valence-corrected chi connectivity index (χ4v) is 5.27. The molecule has 3 rings (SSSR count). The number of carbonyl (C=O) groups is 4. The van der Waals surface area contributed by atoms with E-state index in [4.69, 9.17) is 14.2 Å². The molecule has 0 heterocycles. The van der Waals surface area contributed by atoms with Crippen LogP contribution in [0.2, 0.25) is 0 Å². The Bertz CT molecular complexity index is 1520. The van der Waals surface area contributed by atoms with Gasteiger partial charge in [-0.2, -0.15) is 0 Å². The lowest BCUT2D eigenvalue weighted by Crippen LogP contribution is -2.56. The van der Waals surface area contributed by atoms with Crippen LogP contribution in [0.25, 0.3) is 10.8 Å². The highest BCUT2D eigenvalue weighted by Crippen LogP contribution is 2.24. The summed E-state index contributed by atoms with van der Waals surface area (Å²) in [7, 11) is 1.52. The third-order valence-electron chi connectivity index (χ3n) is 7.44. The van der Waals surface area contributed by atoms with Crippen LogP contribution in [-0.2, 0) is 41.7 Å². The molecule has 12 nitrogen and oxygen atoms in total. The number of nitrogens with one attached hydrogen (secondary N) is 3. The molecule has 2 atom stereocenters. The number of esters is 1. The van der Waals surface area contributed by atoms with Gasteiger partial charge in [0.05, 0.1) is 19.0 Å². The molecule has 12 heteroatoms. The Hall–Kier alpha value is -4.52. The second kappa shape index (κ2) is 18.9. The fourth-order valence-electron chi connectivity index (χ4n) is 5.27. The van der Waals surface area contributed by atoms with Crippen LogP contribution in [0.3, 0.4) is 0 Å². The lowest BCUT2D eigenvalue weighted by atomic mass is 10.0. The highest BCUT2D eigenvalue weighted by molar-refractivity contribution is 5.92. The predicted molar refractivity (Wildman–Crippen MR) is 188 cm³/mol. The fraction of sp³-hybridized carbons (Fsp3) is 0.459. The molecule has 0 saturated heterocycles. The van der Waals surface area contributed by atoms with Crippen LogP contribution in [0.15, 0.2) is 72.8 Å². The number of carbonyl (C=O) groups excluding carboxylic acids is 4. The zero-order valence-electron chi connectivity index (χ0n) is 29.7. The largest absolute Gasteiger partial charge is 0.460 e. The first kappa shape index (κ1) is 38.9. The number of amides is 4. The summed E-state index contributed by atoms with van der Waals surface area (Å²) in [6.45, 7) is 11.5. The summed E-state index contributed by atoms with van der Waals surface area (Å²) >= 11 is 0. The molecule has 3 aromatic carbocycles. The van der Waals surface area contributed by atoms with E-state index in [1.165, 1.54) is 12.1 Å². The van der Waals surface area contributed by atoms with E-state index in [9.17, 15) is 19.2 Å². The Balaban J connectivity index is 1.86. The maximum Gasteiger partial charge on any atom is 0.329 e. The minimum Gasteiger partial charge on any atom is -0.460 e. The normalized spacial score (nSPS) is 12.8. The summed E-state index contributed by atoms with van der Waals surface area (Å²) in [5, 5.41) is 8.73. The van der Waals surface area contributed by atoms with Crippen LogP contribution in [0.1, 0.15) is 59.1 Å². The van der Waals surface area contributed by atoms with Crippen LogP contribution in [0.4, 0.5) is 4.79 Å². The average Bonchev–Trinajstić information content (AvgIpc) is 3.04. The van der Waals surface area contributed by atoms with E-state index in [1.807, 2.05) is 93.6 Å². The van der Waals surface area contributed by atoms with Crippen molar-refractivity contribution >= 4 is 34.6 Å². The number of likely N-dealkylation sites (N-methyl/N-ethyl adjacent to an activating group) is 1. The van der Waals surface area contributed by atoms with Gasteiger partial charge in [-0.15, -0.1) is 0 Å². The zero-order chi connectivity index (χ0) is 36.0. The summed E-state index contributed by atoms with van der Waals surface area (Å²) in [6.07, 6.45) is -1.18. The molecule has 0 aliphatic heterocycles. The molecule has 3 aromatic rings. The van der Waals surface area contributed by atoms with Gasteiger partial charge in [0, 0.05) is 33.4 Å². The predicted octanol–water partition coefficient (Wildman–Crippen LogP) is 4.52. The number of ether oxygens (including phenoxy) is 3. The van der Waals surface area contributed by atoms with E-state index in [1.54, 1.807) is 25.7 Å². The molecule has 49 heavy (non-hydrogen) atoms. The topological polar surface area (TPSA) is 139 Å². The summed E-state index contributed by atoms with van der Waals surface area (Å²) in [5.74, 6) is -1.75. The standard InChI is InChI=1S/C37H51N5O7/c1-8-47-35(48-9-2)26(3)42(24-29-20-15-19-28-18-13-14-21-30(28)29)34(45)31(22-33(44)49-37(4,5)6)39-32(43)25-41(7)40-36(46)38-23-27-16-11-10-12-17-27/h10-21,26,31,35H,8-9,22-25H2,1-7H3,(H,39,43)(H2,38,40,46)/t26-,31?/m0/s1. The van der Waals surface area contributed by atoms with Crippen molar-refractivity contribution in [1.29, 1.82) is 0 Å². The molecule has 0 aliphatic carbocycles. The maximum atomic E-state index is 14.6. The second-order valence-corrected chi connectivity index (χ2v) is 12.7. The highest BCUT2D eigenvalue weighted by Gasteiger charge is 2.36. The van der Waals surface area contributed by atoms with E-state index in [0.717, 1.165) is 21.9 Å². The van der Waals surface area contributed by atoms with Crippen molar-refractivity contribution in [1.82, 2.24) is 26.0 Å². The minimum absolute atomic E-state index is 0.154. The van der Waals surface area contributed by atoms with Gasteiger partial charge in [-0.1, -0.05) is 72.8 Å². The Morgan fingerprint density at radius 1 is 0.857 bits per heavy atom. The van der Waals surface area contributed by atoms with Crippen LogP contribution in [0, 0.1) is 0 Å². The lowest BCUT2D eigenvalue weighted by Gasteiger charge is -2.37. The number of nitrogens with zero attached hydrogens (tertiary/aromatic N) is 2. The monoisotopic (exact) mass is 677 g/mol. The lowest BCUT2D eigenvalue weighted by molar-refractivity contribution is -0.180. The molecule has 3 N–H and O–H groups in total. The van der Waals surface area contributed by atoms with Gasteiger partial charge < -0.3 is 29.7 Å². The van der Waals surface area contributed by atoms with Crippen LogP contribution in [0.5, 0.6) is 0 Å². The average molecular weight is 678 g/mol. The number of hydrogen-bond donors (Lipinski definition) is 3. The van der Waals surface area contributed by atoms with Gasteiger partial charge >= 0.3 is 12.0 Å². The van der Waals surface area contributed by atoms with Gasteiger partial charge in [-0.05, 0) is 63.4 Å². The third-order valence-corrected chi connectivity index (χ3v) is 7.44. The Kier molecular flexibility index (Phi) is 15.0. The van der Waals surface area contributed by atoms with Crippen molar-refractivity contribution in [2.75, 3.05) is 26.8 Å². The molecule has 0 spiro atoms. The minimum atomic E-state index is -1.29. The van der Waals surface area contributed by atoms with E-state index in [0.29, 0.717) is 19.8 Å². The van der Waals surface area contributed by atoms with Gasteiger partial charge in [0.1, 0.15) is 11.6 Å². The quantitative estimate of drug-likeness (QED) is 0.108. The molecule has 0 aliphatic rings. The number of benzene rings is 3. The molecule has 0 aromatic heterocycles. The number of hydrazine groups is 1. The van der Waals surface area contributed by atoms with Crippen LogP contribution in [-0.4, -0.2) is 84.5 Å². The van der Waals surface area contributed by atoms with Crippen molar-refractivity contribution in [3.8, 4) is 0 Å². The molecular weight excluding hydrogens is 626 g/mol. The van der Waals surface area contributed by atoms with E-state index in [-0.39, 0.29) is 13.1 Å². The van der Waals surface area contributed by atoms with E-state index in [2.05, 4.69) is 16.1 Å². The van der Waals surface area contributed by atoms with Crippen molar-refractivity contribution in [2.45, 2.75) is 85.0 Å². The van der Waals surface area contributed by atoms with E-state index < -0.39 is 54.2 Å².